The number of aromatic nitrogens is 2. The fraction of sp³-hybridized carbons (Fsp3) is 0.190. The molecule has 2 N–H and O–H groups in total. The second-order valence-corrected chi connectivity index (χ2v) is 6.72. The summed E-state index contributed by atoms with van der Waals surface area (Å²) in [7, 11) is 1.56. The number of halogens is 1. The van der Waals surface area contributed by atoms with Crippen molar-refractivity contribution in [3.05, 3.63) is 76.1 Å². The van der Waals surface area contributed by atoms with Gasteiger partial charge in [0.1, 0.15) is 11.4 Å². The van der Waals surface area contributed by atoms with E-state index in [9.17, 15) is 4.79 Å². The van der Waals surface area contributed by atoms with Gasteiger partial charge in [-0.3, -0.25) is 4.79 Å². The summed E-state index contributed by atoms with van der Waals surface area (Å²) in [4.78, 5) is 21.2. The lowest BCUT2D eigenvalue weighted by molar-refractivity contribution is 0.0945. The Morgan fingerprint density at radius 3 is 2.57 bits per heavy atom. The van der Waals surface area contributed by atoms with Crippen molar-refractivity contribution >= 4 is 29.1 Å². The van der Waals surface area contributed by atoms with Crippen LogP contribution >= 0.6 is 11.6 Å². The van der Waals surface area contributed by atoms with Crippen LogP contribution in [0.4, 0.5) is 11.6 Å². The Kier molecular flexibility index (Phi) is 6.11. The molecule has 0 aliphatic carbocycles. The lowest BCUT2D eigenvalue weighted by atomic mass is 10.2. The molecule has 0 saturated heterocycles. The fourth-order valence-corrected chi connectivity index (χ4v) is 2.81. The number of anilines is 2. The van der Waals surface area contributed by atoms with Gasteiger partial charge in [0, 0.05) is 23.3 Å². The summed E-state index contributed by atoms with van der Waals surface area (Å²) in [5.41, 5.74) is 3.54. The van der Waals surface area contributed by atoms with Crippen molar-refractivity contribution in [1.82, 2.24) is 15.3 Å². The number of methoxy groups -OCH3 is 1. The van der Waals surface area contributed by atoms with E-state index in [1.54, 1.807) is 19.2 Å². The number of rotatable bonds is 6. The Morgan fingerprint density at radius 1 is 1.11 bits per heavy atom. The Labute approximate surface area is 168 Å². The normalized spacial score (nSPS) is 10.4. The van der Waals surface area contributed by atoms with Gasteiger partial charge in [0.2, 0.25) is 5.95 Å². The number of carbonyl (C=O) groups is 1. The first-order valence-corrected chi connectivity index (χ1v) is 9.13. The van der Waals surface area contributed by atoms with E-state index < -0.39 is 0 Å². The first-order chi connectivity index (χ1) is 13.5. The summed E-state index contributed by atoms with van der Waals surface area (Å²) in [6.45, 7) is 4.13. The van der Waals surface area contributed by atoms with E-state index in [2.05, 4.69) is 20.6 Å². The molecule has 0 fully saturated rings. The van der Waals surface area contributed by atoms with Gasteiger partial charge in [-0.15, -0.1) is 0 Å². The molecule has 0 unspecified atom stereocenters. The van der Waals surface area contributed by atoms with Crippen molar-refractivity contribution in [1.29, 1.82) is 0 Å². The molecule has 0 bridgehead atoms. The largest absolute Gasteiger partial charge is 0.495 e. The minimum atomic E-state index is -0.267. The molecule has 7 heteroatoms. The third kappa shape index (κ3) is 4.78. The van der Waals surface area contributed by atoms with E-state index in [1.807, 2.05) is 50.2 Å². The Bertz CT molecular complexity index is 993. The number of ether oxygens (including phenoxy) is 1. The van der Waals surface area contributed by atoms with E-state index in [-0.39, 0.29) is 11.6 Å². The standard InChI is InChI=1S/C21H21ClN4O2/c1-13-9-17(19(28-3)11-16(13)22)25-21-24-14(2)10-18(26-21)20(27)23-12-15-7-5-4-6-8-15/h4-11H,12H2,1-3H3,(H,23,27)(H,24,25,26). The Morgan fingerprint density at radius 2 is 1.86 bits per heavy atom. The molecule has 0 aliphatic rings. The molecule has 1 amide bonds. The third-order valence-corrected chi connectivity index (χ3v) is 4.52. The SMILES string of the molecule is COc1cc(Cl)c(C)cc1Nc1nc(C)cc(C(=O)NCc2ccccc2)n1. The van der Waals surface area contributed by atoms with Gasteiger partial charge in [-0.05, 0) is 37.1 Å². The van der Waals surface area contributed by atoms with Gasteiger partial charge in [-0.2, -0.15) is 0 Å². The number of hydrogen-bond acceptors (Lipinski definition) is 5. The Hall–Kier alpha value is -3.12. The second-order valence-electron chi connectivity index (χ2n) is 6.31. The molecule has 0 saturated carbocycles. The maximum absolute atomic E-state index is 12.5. The summed E-state index contributed by atoms with van der Waals surface area (Å²) in [5.74, 6) is 0.609. The zero-order valence-electron chi connectivity index (χ0n) is 15.9. The van der Waals surface area contributed by atoms with E-state index in [1.165, 1.54) is 0 Å². The van der Waals surface area contributed by atoms with Crippen molar-refractivity contribution in [2.75, 3.05) is 12.4 Å². The molecule has 3 rings (SSSR count). The number of nitrogens with zero attached hydrogens (tertiary/aromatic N) is 2. The van der Waals surface area contributed by atoms with E-state index in [4.69, 9.17) is 16.3 Å². The van der Waals surface area contributed by atoms with Gasteiger partial charge >= 0.3 is 0 Å². The molecular weight excluding hydrogens is 376 g/mol. The molecule has 1 aromatic heterocycles. The van der Waals surface area contributed by atoms with Crippen LogP contribution in [0.1, 0.15) is 27.3 Å². The van der Waals surface area contributed by atoms with E-state index >= 15 is 0 Å². The van der Waals surface area contributed by atoms with Crippen molar-refractivity contribution in [3.8, 4) is 5.75 Å². The van der Waals surface area contributed by atoms with Crippen LogP contribution in [0.25, 0.3) is 0 Å². The van der Waals surface area contributed by atoms with Crippen molar-refractivity contribution in [2.24, 2.45) is 0 Å². The molecule has 1 heterocycles. The van der Waals surface area contributed by atoms with Crippen molar-refractivity contribution < 1.29 is 9.53 Å². The zero-order valence-corrected chi connectivity index (χ0v) is 16.7. The van der Waals surface area contributed by atoms with Crippen LogP contribution in [-0.4, -0.2) is 23.0 Å². The quantitative estimate of drug-likeness (QED) is 0.644. The highest BCUT2D eigenvalue weighted by Crippen LogP contribution is 2.32. The van der Waals surface area contributed by atoms with E-state index in [0.29, 0.717) is 34.6 Å². The van der Waals surface area contributed by atoms with Crippen LogP contribution < -0.4 is 15.4 Å². The van der Waals surface area contributed by atoms with Crippen LogP contribution in [-0.2, 0) is 6.54 Å². The summed E-state index contributed by atoms with van der Waals surface area (Å²) in [5, 5.41) is 6.59. The highest BCUT2D eigenvalue weighted by molar-refractivity contribution is 6.31. The highest BCUT2D eigenvalue weighted by atomic mass is 35.5. The van der Waals surface area contributed by atoms with Crippen LogP contribution in [0.3, 0.4) is 0 Å². The molecular formula is C21H21ClN4O2. The second kappa shape index (κ2) is 8.71. The molecule has 28 heavy (non-hydrogen) atoms. The number of nitrogens with one attached hydrogen (secondary N) is 2. The average molecular weight is 397 g/mol. The number of amides is 1. The maximum atomic E-state index is 12.5. The fourth-order valence-electron chi connectivity index (χ4n) is 2.66. The van der Waals surface area contributed by atoms with Crippen LogP contribution in [0.15, 0.2) is 48.5 Å². The smallest absolute Gasteiger partial charge is 0.270 e. The van der Waals surface area contributed by atoms with Crippen molar-refractivity contribution in [2.45, 2.75) is 20.4 Å². The first kappa shape index (κ1) is 19.6. The van der Waals surface area contributed by atoms with E-state index in [0.717, 1.165) is 11.1 Å². The summed E-state index contributed by atoms with van der Waals surface area (Å²) < 4.78 is 5.37. The van der Waals surface area contributed by atoms with Crippen molar-refractivity contribution in [3.63, 3.8) is 0 Å². The predicted octanol–water partition coefficient (Wildman–Crippen LogP) is 4.43. The lowest BCUT2D eigenvalue weighted by Crippen LogP contribution is -2.24. The van der Waals surface area contributed by atoms with Crippen LogP contribution in [0.5, 0.6) is 5.75 Å². The first-order valence-electron chi connectivity index (χ1n) is 8.75. The summed E-state index contributed by atoms with van der Waals surface area (Å²) in [6, 6.07) is 14.9. The molecule has 0 spiro atoms. The monoisotopic (exact) mass is 396 g/mol. The molecule has 2 aromatic carbocycles. The number of carbonyl (C=O) groups excluding carboxylic acids is 1. The lowest BCUT2D eigenvalue weighted by Gasteiger charge is -2.13. The zero-order chi connectivity index (χ0) is 20.1. The van der Waals surface area contributed by atoms with Gasteiger partial charge in [0.25, 0.3) is 5.91 Å². The summed E-state index contributed by atoms with van der Waals surface area (Å²) in [6.07, 6.45) is 0. The van der Waals surface area contributed by atoms with Crippen LogP contribution in [0, 0.1) is 13.8 Å². The molecule has 0 radical (unpaired) electrons. The maximum Gasteiger partial charge on any atom is 0.270 e. The topological polar surface area (TPSA) is 76.1 Å². The van der Waals surface area contributed by atoms with Gasteiger partial charge in [-0.1, -0.05) is 41.9 Å². The Balaban J connectivity index is 1.80. The minimum absolute atomic E-state index is 0.267. The van der Waals surface area contributed by atoms with Gasteiger partial charge in [0.05, 0.1) is 12.8 Å². The van der Waals surface area contributed by atoms with Gasteiger partial charge in [0.15, 0.2) is 0 Å². The minimum Gasteiger partial charge on any atom is -0.495 e. The third-order valence-electron chi connectivity index (χ3n) is 4.11. The molecule has 6 nitrogen and oxygen atoms in total. The average Bonchev–Trinajstić information content (AvgIpc) is 2.69. The highest BCUT2D eigenvalue weighted by Gasteiger charge is 2.13. The predicted molar refractivity (Wildman–Crippen MR) is 110 cm³/mol. The molecule has 3 aromatic rings. The van der Waals surface area contributed by atoms with Gasteiger partial charge < -0.3 is 15.4 Å². The van der Waals surface area contributed by atoms with Crippen LogP contribution in [0.2, 0.25) is 5.02 Å². The number of aryl methyl sites for hydroxylation is 2. The van der Waals surface area contributed by atoms with Gasteiger partial charge in [-0.25, -0.2) is 9.97 Å². The number of benzene rings is 2. The number of hydrogen-bond donors (Lipinski definition) is 2. The molecule has 0 atom stereocenters. The molecule has 144 valence electrons. The molecule has 0 aliphatic heterocycles. The summed E-state index contributed by atoms with van der Waals surface area (Å²) >= 11 is 6.15.